The minimum absolute atomic E-state index is 0.0135. The van der Waals surface area contributed by atoms with Gasteiger partial charge in [0.15, 0.2) is 0 Å². The fourth-order valence-corrected chi connectivity index (χ4v) is 3.92. The van der Waals surface area contributed by atoms with Gasteiger partial charge in [-0.25, -0.2) is 0 Å². The van der Waals surface area contributed by atoms with Crippen LogP contribution in [0.1, 0.15) is 43.0 Å². The Labute approximate surface area is 185 Å². The summed E-state index contributed by atoms with van der Waals surface area (Å²) in [5, 5.41) is 2.96. The highest BCUT2D eigenvalue weighted by Gasteiger charge is 2.26. The average molecular weight is 427 g/mol. The van der Waals surface area contributed by atoms with E-state index >= 15 is 0 Å². The van der Waals surface area contributed by atoms with Crippen molar-refractivity contribution >= 4 is 23.6 Å². The molecule has 1 atom stereocenters. The molecule has 30 heavy (non-hydrogen) atoms. The number of amides is 2. The molecular formula is C25H34N2O2S. The molecule has 0 aliphatic rings. The van der Waals surface area contributed by atoms with Crippen molar-refractivity contribution in [2.45, 2.75) is 53.0 Å². The minimum atomic E-state index is -0.517. The number of carbonyl (C=O) groups is 2. The van der Waals surface area contributed by atoms with Gasteiger partial charge in [-0.15, -0.1) is 11.8 Å². The molecule has 0 fully saturated rings. The second-order valence-electron chi connectivity index (χ2n) is 8.30. The standard InChI is InChI=1S/C25H34N2O2S/c1-18(2)14-26-25(29)21(5)27(15-22-11-9-19(3)10-12-22)24(28)17-30-16-23-8-6-7-20(4)13-23/h6-13,18,21H,14-17H2,1-5H3,(H,26,29)/t21-/m1/s1. The zero-order valence-electron chi connectivity index (χ0n) is 18.8. The van der Waals surface area contributed by atoms with Crippen LogP contribution < -0.4 is 5.32 Å². The fraction of sp³-hybridized carbons (Fsp3) is 0.440. The summed E-state index contributed by atoms with van der Waals surface area (Å²) in [5.41, 5.74) is 4.63. The van der Waals surface area contributed by atoms with Crippen LogP contribution in [0.4, 0.5) is 0 Å². The number of carbonyl (C=O) groups excluding carboxylic acids is 2. The van der Waals surface area contributed by atoms with E-state index in [0.29, 0.717) is 24.8 Å². The number of rotatable bonds is 10. The van der Waals surface area contributed by atoms with Crippen LogP contribution in [0, 0.1) is 19.8 Å². The van der Waals surface area contributed by atoms with Gasteiger partial charge in [0.2, 0.25) is 11.8 Å². The van der Waals surface area contributed by atoms with Crippen LogP contribution in [0.25, 0.3) is 0 Å². The largest absolute Gasteiger partial charge is 0.354 e. The van der Waals surface area contributed by atoms with Crippen molar-refractivity contribution in [1.29, 1.82) is 0 Å². The molecule has 0 heterocycles. The van der Waals surface area contributed by atoms with Crippen molar-refractivity contribution in [2.24, 2.45) is 5.92 Å². The second kappa shape index (κ2) is 11.8. The van der Waals surface area contributed by atoms with Crippen LogP contribution >= 0.6 is 11.8 Å². The van der Waals surface area contributed by atoms with Gasteiger partial charge in [-0.05, 0) is 37.8 Å². The number of nitrogens with zero attached hydrogens (tertiary/aromatic N) is 1. The molecule has 0 aliphatic carbocycles. The Bertz CT molecular complexity index is 833. The van der Waals surface area contributed by atoms with Gasteiger partial charge in [-0.1, -0.05) is 73.5 Å². The third kappa shape index (κ3) is 7.86. The third-order valence-electron chi connectivity index (χ3n) is 4.90. The van der Waals surface area contributed by atoms with Gasteiger partial charge in [-0.3, -0.25) is 9.59 Å². The Morgan fingerprint density at radius 3 is 2.30 bits per heavy atom. The first-order valence-electron chi connectivity index (χ1n) is 10.5. The van der Waals surface area contributed by atoms with E-state index in [2.05, 4.69) is 44.3 Å². The molecule has 0 spiro atoms. The lowest BCUT2D eigenvalue weighted by molar-refractivity contribution is -0.138. The van der Waals surface area contributed by atoms with Crippen LogP contribution in [-0.2, 0) is 21.9 Å². The molecule has 2 rings (SSSR count). The number of hydrogen-bond acceptors (Lipinski definition) is 3. The summed E-state index contributed by atoms with van der Waals surface area (Å²) >= 11 is 1.59. The molecule has 1 N–H and O–H groups in total. The van der Waals surface area contributed by atoms with Crippen molar-refractivity contribution in [2.75, 3.05) is 12.3 Å². The first-order chi connectivity index (χ1) is 14.3. The van der Waals surface area contributed by atoms with Crippen molar-refractivity contribution in [3.8, 4) is 0 Å². The normalized spacial score (nSPS) is 11.9. The Kier molecular flexibility index (Phi) is 9.44. The van der Waals surface area contributed by atoms with E-state index in [0.717, 1.165) is 11.3 Å². The smallest absolute Gasteiger partial charge is 0.242 e. The van der Waals surface area contributed by atoms with Crippen LogP contribution in [0.2, 0.25) is 0 Å². The lowest BCUT2D eigenvalue weighted by Crippen LogP contribution is -2.48. The molecule has 5 heteroatoms. The van der Waals surface area contributed by atoms with Gasteiger partial charge in [0.05, 0.1) is 5.75 Å². The van der Waals surface area contributed by atoms with E-state index < -0.39 is 6.04 Å². The van der Waals surface area contributed by atoms with E-state index in [9.17, 15) is 9.59 Å². The maximum absolute atomic E-state index is 13.1. The molecule has 0 saturated carbocycles. The molecule has 0 radical (unpaired) electrons. The zero-order chi connectivity index (χ0) is 22.1. The molecule has 4 nitrogen and oxygen atoms in total. The summed E-state index contributed by atoms with van der Waals surface area (Å²) in [6.07, 6.45) is 0. The predicted molar refractivity (Wildman–Crippen MR) is 126 cm³/mol. The van der Waals surface area contributed by atoms with E-state index in [1.807, 2.05) is 44.2 Å². The van der Waals surface area contributed by atoms with E-state index in [1.54, 1.807) is 16.7 Å². The summed E-state index contributed by atoms with van der Waals surface area (Å²) in [5.74, 6) is 1.38. The third-order valence-corrected chi connectivity index (χ3v) is 5.89. The zero-order valence-corrected chi connectivity index (χ0v) is 19.6. The highest BCUT2D eigenvalue weighted by atomic mass is 32.2. The van der Waals surface area contributed by atoms with Crippen LogP contribution in [-0.4, -0.2) is 35.1 Å². The lowest BCUT2D eigenvalue weighted by Gasteiger charge is -2.29. The van der Waals surface area contributed by atoms with Gasteiger partial charge in [0.25, 0.3) is 0 Å². The molecule has 2 aromatic carbocycles. The van der Waals surface area contributed by atoms with Crippen molar-refractivity contribution in [3.05, 3.63) is 70.8 Å². The molecule has 2 amide bonds. The SMILES string of the molecule is Cc1ccc(CN(C(=O)CSCc2cccc(C)c2)[C@H](C)C(=O)NCC(C)C)cc1. The van der Waals surface area contributed by atoms with Crippen LogP contribution in [0.3, 0.4) is 0 Å². The molecule has 2 aromatic rings. The molecule has 0 bridgehead atoms. The minimum Gasteiger partial charge on any atom is -0.354 e. The Balaban J connectivity index is 2.05. The summed E-state index contributed by atoms with van der Waals surface area (Å²) in [6.45, 7) is 11.1. The van der Waals surface area contributed by atoms with E-state index in [4.69, 9.17) is 0 Å². The monoisotopic (exact) mass is 426 g/mol. The molecule has 0 aromatic heterocycles. The number of benzene rings is 2. The molecule has 0 unspecified atom stereocenters. The van der Waals surface area contributed by atoms with E-state index in [1.165, 1.54) is 16.7 Å². The van der Waals surface area contributed by atoms with Crippen LogP contribution in [0.5, 0.6) is 0 Å². The fourth-order valence-electron chi connectivity index (χ4n) is 3.07. The van der Waals surface area contributed by atoms with Crippen LogP contribution in [0.15, 0.2) is 48.5 Å². The highest BCUT2D eigenvalue weighted by molar-refractivity contribution is 7.99. The van der Waals surface area contributed by atoms with Gasteiger partial charge >= 0.3 is 0 Å². The topological polar surface area (TPSA) is 49.4 Å². The molecular weight excluding hydrogens is 392 g/mol. The predicted octanol–water partition coefficient (Wildman–Crippen LogP) is 4.73. The van der Waals surface area contributed by atoms with Gasteiger partial charge in [0, 0.05) is 18.8 Å². The van der Waals surface area contributed by atoms with Crippen molar-refractivity contribution < 1.29 is 9.59 Å². The summed E-state index contributed by atoms with van der Waals surface area (Å²) in [7, 11) is 0. The number of nitrogens with one attached hydrogen (secondary N) is 1. The first-order valence-corrected chi connectivity index (χ1v) is 11.7. The second-order valence-corrected chi connectivity index (χ2v) is 9.29. The number of aryl methyl sites for hydroxylation is 2. The Hall–Kier alpha value is -2.27. The summed E-state index contributed by atoms with van der Waals surface area (Å²) < 4.78 is 0. The first kappa shape index (κ1) is 24.0. The molecule has 162 valence electrons. The molecule has 0 saturated heterocycles. The number of hydrogen-bond donors (Lipinski definition) is 1. The molecule has 0 aliphatic heterocycles. The quantitative estimate of drug-likeness (QED) is 0.598. The summed E-state index contributed by atoms with van der Waals surface area (Å²) in [4.78, 5) is 27.4. The van der Waals surface area contributed by atoms with E-state index in [-0.39, 0.29) is 11.8 Å². The maximum atomic E-state index is 13.1. The number of thioether (sulfide) groups is 1. The van der Waals surface area contributed by atoms with Gasteiger partial charge in [-0.2, -0.15) is 0 Å². The maximum Gasteiger partial charge on any atom is 0.242 e. The van der Waals surface area contributed by atoms with Crippen molar-refractivity contribution in [1.82, 2.24) is 10.2 Å². The Morgan fingerprint density at radius 2 is 1.67 bits per heavy atom. The average Bonchev–Trinajstić information content (AvgIpc) is 2.71. The van der Waals surface area contributed by atoms with Crippen molar-refractivity contribution in [3.63, 3.8) is 0 Å². The Morgan fingerprint density at radius 1 is 0.967 bits per heavy atom. The van der Waals surface area contributed by atoms with Gasteiger partial charge in [0.1, 0.15) is 6.04 Å². The van der Waals surface area contributed by atoms with Gasteiger partial charge < -0.3 is 10.2 Å². The lowest BCUT2D eigenvalue weighted by atomic mass is 10.1. The highest BCUT2D eigenvalue weighted by Crippen LogP contribution is 2.17. The summed E-state index contributed by atoms with van der Waals surface area (Å²) in [6, 6.07) is 15.9.